The number of carbonyl (C=O) groups is 1. The molecule has 112 valence electrons. The van der Waals surface area contributed by atoms with Crippen molar-refractivity contribution in [3.05, 3.63) is 75.3 Å². The van der Waals surface area contributed by atoms with Crippen LogP contribution in [0.5, 0.6) is 0 Å². The first-order chi connectivity index (χ1) is 10.6. The van der Waals surface area contributed by atoms with Gasteiger partial charge in [0.25, 0.3) is 5.91 Å². The van der Waals surface area contributed by atoms with Crippen LogP contribution in [-0.4, -0.2) is 12.1 Å². The molecule has 3 nitrogen and oxygen atoms in total. The molecule has 0 heterocycles. The number of hydrogen-bond acceptors (Lipinski definition) is 2. The van der Waals surface area contributed by atoms with Crippen molar-refractivity contribution in [3.8, 4) is 0 Å². The second-order valence-electron chi connectivity index (χ2n) is 4.63. The van der Waals surface area contributed by atoms with Crippen molar-refractivity contribution < 1.29 is 4.79 Å². The molecule has 0 radical (unpaired) electrons. The molecule has 0 unspecified atom stereocenters. The van der Waals surface area contributed by atoms with E-state index < -0.39 is 0 Å². The van der Waals surface area contributed by atoms with Gasteiger partial charge in [0.2, 0.25) is 0 Å². The molecule has 1 amide bonds. The van der Waals surface area contributed by atoms with E-state index in [1.54, 1.807) is 18.3 Å². The van der Waals surface area contributed by atoms with Gasteiger partial charge in [0.1, 0.15) is 0 Å². The maximum atomic E-state index is 11.9. The molecule has 22 heavy (non-hydrogen) atoms. The zero-order chi connectivity index (χ0) is 15.9. The third-order valence-electron chi connectivity index (χ3n) is 2.81. The topological polar surface area (TPSA) is 41.5 Å². The Balaban J connectivity index is 1.98. The molecule has 0 saturated carbocycles. The third-order valence-corrected chi connectivity index (χ3v) is 3.55. The lowest BCUT2D eigenvalue weighted by Crippen LogP contribution is -2.17. The highest BCUT2D eigenvalue weighted by Crippen LogP contribution is 2.22. The molecule has 0 aliphatic carbocycles. The Morgan fingerprint density at radius 2 is 1.82 bits per heavy atom. The standard InChI is InChI=1S/C17H14Cl2N2O/c1-12(9-13-5-3-2-4-6-13)11-20-21-17(22)14-7-8-15(18)16(19)10-14/h2-11H,1H3,(H,21,22)/b12-9+,20-11+. The number of hydrazone groups is 1. The molecular formula is C17H14Cl2N2O. The van der Waals surface area contributed by atoms with Crippen molar-refractivity contribution in [3.63, 3.8) is 0 Å². The van der Waals surface area contributed by atoms with Crippen LogP contribution in [0.1, 0.15) is 22.8 Å². The van der Waals surface area contributed by atoms with Gasteiger partial charge in [-0.05, 0) is 36.3 Å². The average molecular weight is 333 g/mol. The second-order valence-corrected chi connectivity index (χ2v) is 5.44. The molecule has 2 rings (SSSR count). The van der Waals surface area contributed by atoms with Gasteiger partial charge in [0.05, 0.1) is 16.3 Å². The number of nitrogens with one attached hydrogen (secondary N) is 1. The molecule has 2 aromatic rings. The molecule has 0 fully saturated rings. The number of nitrogens with zero attached hydrogens (tertiary/aromatic N) is 1. The summed E-state index contributed by atoms with van der Waals surface area (Å²) in [6.45, 7) is 1.90. The minimum atomic E-state index is -0.345. The molecule has 5 heteroatoms. The van der Waals surface area contributed by atoms with E-state index in [1.807, 2.05) is 43.3 Å². The second kappa shape index (κ2) is 7.78. The molecule has 0 spiro atoms. The zero-order valence-corrected chi connectivity index (χ0v) is 13.4. The van der Waals surface area contributed by atoms with Crippen molar-refractivity contribution >= 4 is 41.4 Å². The van der Waals surface area contributed by atoms with Gasteiger partial charge in [-0.15, -0.1) is 0 Å². The summed E-state index contributed by atoms with van der Waals surface area (Å²) in [4.78, 5) is 11.9. The van der Waals surface area contributed by atoms with E-state index in [4.69, 9.17) is 23.2 Å². The molecule has 1 N–H and O–H groups in total. The first-order valence-electron chi connectivity index (χ1n) is 6.58. The SMILES string of the molecule is CC(/C=N/NC(=O)c1ccc(Cl)c(Cl)c1)=C\c1ccccc1. The first-order valence-corrected chi connectivity index (χ1v) is 7.33. The predicted molar refractivity (Wildman–Crippen MR) is 92.5 cm³/mol. The summed E-state index contributed by atoms with van der Waals surface area (Å²) in [5.74, 6) is -0.345. The summed E-state index contributed by atoms with van der Waals surface area (Å²) in [5.41, 5.74) is 4.84. The van der Waals surface area contributed by atoms with Crippen LogP contribution in [0.15, 0.2) is 59.2 Å². The van der Waals surface area contributed by atoms with Crippen LogP contribution < -0.4 is 5.43 Å². The number of allylic oxidation sites excluding steroid dienone is 1. The summed E-state index contributed by atoms with van der Waals surface area (Å²) in [5, 5.41) is 4.66. The van der Waals surface area contributed by atoms with Crippen LogP contribution in [-0.2, 0) is 0 Å². The Bertz CT molecular complexity index is 725. The molecule has 2 aromatic carbocycles. The fraction of sp³-hybridized carbons (Fsp3) is 0.0588. The largest absolute Gasteiger partial charge is 0.271 e. The van der Waals surface area contributed by atoms with Gasteiger partial charge in [0.15, 0.2) is 0 Å². The van der Waals surface area contributed by atoms with Gasteiger partial charge in [-0.1, -0.05) is 59.6 Å². The number of halogens is 2. The maximum Gasteiger partial charge on any atom is 0.271 e. The lowest BCUT2D eigenvalue weighted by atomic mass is 10.1. The highest BCUT2D eigenvalue weighted by atomic mass is 35.5. The number of rotatable bonds is 4. The third kappa shape index (κ3) is 4.72. The van der Waals surface area contributed by atoms with Crippen molar-refractivity contribution in [1.29, 1.82) is 0 Å². The van der Waals surface area contributed by atoms with Gasteiger partial charge in [-0.2, -0.15) is 5.10 Å². The summed E-state index contributed by atoms with van der Waals surface area (Å²) in [6.07, 6.45) is 3.55. The maximum absolute atomic E-state index is 11.9. The number of amides is 1. The average Bonchev–Trinajstić information content (AvgIpc) is 2.51. The lowest BCUT2D eigenvalue weighted by molar-refractivity contribution is 0.0955. The van der Waals surface area contributed by atoms with Crippen LogP contribution in [0.25, 0.3) is 6.08 Å². The lowest BCUT2D eigenvalue weighted by Gasteiger charge is -2.01. The molecule has 0 aliphatic heterocycles. The van der Waals surface area contributed by atoms with Crippen LogP contribution >= 0.6 is 23.2 Å². The van der Waals surface area contributed by atoms with Gasteiger partial charge in [-0.3, -0.25) is 4.79 Å². The highest BCUT2D eigenvalue weighted by molar-refractivity contribution is 6.42. The zero-order valence-electron chi connectivity index (χ0n) is 11.9. The molecule has 0 aromatic heterocycles. The fourth-order valence-corrected chi connectivity index (χ4v) is 2.04. The molecular weight excluding hydrogens is 319 g/mol. The van der Waals surface area contributed by atoms with Crippen LogP contribution in [0.3, 0.4) is 0 Å². The van der Waals surface area contributed by atoms with Gasteiger partial charge >= 0.3 is 0 Å². The Morgan fingerprint density at radius 1 is 1.09 bits per heavy atom. The number of hydrogen-bond donors (Lipinski definition) is 1. The molecule has 0 aliphatic rings. The molecule has 0 saturated heterocycles. The number of carbonyl (C=O) groups excluding carboxylic acids is 1. The molecule has 0 atom stereocenters. The Labute approximate surface area is 139 Å². The smallest absolute Gasteiger partial charge is 0.267 e. The van der Waals surface area contributed by atoms with Crippen LogP contribution in [0, 0.1) is 0 Å². The van der Waals surface area contributed by atoms with Gasteiger partial charge in [0, 0.05) is 5.56 Å². The summed E-state index contributed by atoms with van der Waals surface area (Å²) >= 11 is 11.7. The van der Waals surface area contributed by atoms with Crippen molar-refractivity contribution in [2.75, 3.05) is 0 Å². The van der Waals surface area contributed by atoms with Crippen molar-refractivity contribution in [2.45, 2.75) is 6.92 Å². The summed E-state index contributed by atoms with van der Waals surface area (Å²) in [6, 6.07) is 14.5. The summed E-state index contributed by atoms with van der Waals surface area (Å²) < 4.78 is 0. The van der Waals surface area contributed by atoms with Crippen LogP contribution in [0.2, 0.25) is 10.0 Å². The van der Waals surface area contributed by atoms with Gasteiger partial charge in [-0.25, -0.2) is 5.43 Å². The van der Waals surface area contributed by atoms with Crippen molar-refractivity contribution in [1.82, 2.24) is 5.43 Å². The van der Waals surface area contributed by atoms with E-state index >= 15 is 0 Å². The van der Waals surface area contributed by atoms with E-state index in [9.17, 15) is 4.79 Å². The monoisotopic (exact) mass is 332 g/mol. The normalized spacial score (nSPS) is 11.7. The van der Waals surface area contributed by atoms with E-state index in [0.29, 0.717) is 15.6 Å². The quantitative estimate of drug-likeness (QED) is 0.633. The van der Waals surface area contributed by atoms with Gasteiger partial charge < -0.3 is 0 Å². The van der Waals surface area contributed by atoms with E-state index in [-0.39, 0.29) is 5.91 Å². The Morgan fingerprint density at radius 3 is 2.50 bits per heavy atom. The van der Waals surface area contributed by atoms with E-state index in [1.165, 1.54) is 6.07 Å². The first kappa shape index (κ1) is 16.3. The number of benzene rings is 2. The minimum absolute atomic E-state index is 0.332. The van der Waals surface area contributed by atoms with Crippen molar-refractivity contribution in [2.24, 2.45) is 5.10 Å². The highest BCUT2D eigenvalue weighted by Gasteiger charge is 2.06. The minimum Gasteiger partial charge on any atom is -0.267 e. The fourth-order valence-electron chi connectivity index (χ4n) is 1.74. The Hall–Kier alpha value is -2.10. The summed E-state index contributed by atoms with van der Waals surface area (Å²) in [7, 11) is 0. The van der Waals surface area contributed by atoms with Crippen LogP contribution in [0.4, 0.5) is 0 Å². The molecule has 0 bridgehead atoms. The predicted octanol–water partition coefficient (Wildman–Crippen LogP) is 4.81. The van der Waals surface area contributed by atoms with E-state index in [2.05, 4.69) is 10.5 Å². The van der Waals surface area contributed by atoms with E-state index in [0.717, 1.165) is 11.1 Å². The Kier molecular flexibility index (Phi) is 5.75.